The van der Waals surface area contributed by atoms with E-state index >= 15 is 0 Å². The van der Waals surface area contributed by atoms with Crippen LogP contribution in [0.25, 0.3) is 5.69 Å². The number of aromatic nitrogens is 2. The topological polar surface area (TPSA) is 67.6 Å². The van der Waals surface area contributed by atoms with Crippen molar-refractivity contribution in [3.8, 4) is 11.8 Å². The van der Waals surface area contributed by atoms with Crippen molar-refractivity contribution >= 4 is 17.4 Å². The molecular formula is C12H11ClN4. The SMILES string of the molecule is Cc1cc(-n2nc(C)c(C#N)c2N)ccc1Cl. The molecule has 0 unspecified atom stereocenters. The molecule has 4 nitrogen and oxygen atoms in total. The molecule has 17 heavy (non-hydrogen) atoms. The fourth-order valence-corrected chi connectivity index (χ4v) is 1.76. The molecule has 1 aromatic heterocycles. The standard InChI is InChI=1S/C12H11ClN4/c1-7-5-9(3-4-11(7)13)17-12(15)10(6-14)8(2)16-17/h3-5H,15H2,1-2H3. The maximum absolute atomic E-state index is 8.95. The second-order valence-electron chi connectivity index (χ2n) is 3.80. The van der Waals surface area contributed by atoms with Gasteiger partial charge in [0.1, 0.15) is 17.5 Å². The van der Waals surface area contributed by atoms with E-state index in [2.05, 4.69) is 5.10 Å². The lowest BCUT2D eigenvalue weighted by Gasteiger charge is -2.06. The third kappa shape index (κ3) is 1.85. The highest BCUT2D eigenvalue weighted by Crippen LogP contribution is 2.23. The summed E-state index contributed by atoms with van der Waals surface area (Å²) in [6.45, 7) is 3.66. The van der Waals surface area contributed by atoms with Gasteiger partial charge in [-0.05, 0) is 37.6 Å². The van der Waals surface area contributed by atoms with E-state index in [9.17, 15) is 0 Å². The van der Waals surface area contributed by atoms with Crippen LogP contribution in [0.4, 0.5) is 5.82 Å². The second-order valence-corrected chi connectivity index (χ2v) is 4.21. The molecule has 0 aliphatic heterocycles. The van der Waals surface area contributed by atoms with E-state index in [1.807, 2.05) is 25.1 Å². The molecule has 1 heterocycles. The quantitative estimate of drug-likeness (QED) is 0.841. The van der Waals surface area contributed by atoms with Crippen LogP contribution >= 0.6 is 11.6 Å². The maximum Gasteiger partial charge on any atom is 0.145 e. The van der Waals surface area contributed by atoms with Crippen LogP contribution in [0.3, 0.4) is 0 Å². The first kappa shape index (κ1) is 11.5. The third-order valence-electron chi connectivity index (χ3n) is 2.59. The Labute approximate surface area is 104 Å². The fraction of sp³-hybridized carbons (Fsp3) is 0.167. The van der Waals surface area contributed by atoms with E-state index in [-0.39, 0.29) is 0 Å². The van der Waals surface area contributed by atoms with Gasteiger partial charge in [-0.15, -0.1) is 0 Å². The molecule has 0 amide bonds. The predicted octanol–water partition coefficient (Wildman–Crippen LogP) is 2.60. The van der Waals surface area contributed by atoms with Gasteiger partial charge in [-0.3, -0.25) is 0 Å². The summed E-state index contributed by atoms with van der Waals surface area (Å²) < 4.78 is 1.55. The molecule has 0 saturated carbocycles. The van der Waals surface area contributed by atoms with E-state index in [0.717, 1.165) is 11.3 Å². The Morgan fingerprint density at radius 1 is 1.41 bits per heavy atom. The number of nitrogens with two attached hydrogens (primary N) is 1. The van der Waals surface area contributed by atoms with E-state index < -0.39 is 0 Å². The fourth-order valence-electron chi connectivity index (χ4n) is 1.64. The van der Waals surface area contributed by atoms with Crippen LogP contribution in [-0.2, 0) is 0 Å². The molecule has 2 rings (SSSR count). The highest BCUT2D eigenvalue weighted by Gasteiger charge is 2.13. The number of hydrogen-bond donors (Lipinski definition) is 1. The Kier molecular flexibility index (Phi) is 2.78. The largest absolute Gasteiger partial charge is 0.382 e. The van der Waals surface area contributed by atoms with Crippen LogP contribution in [0, 0.1) is 25.2 Å². The lowest BCUT2D eigenvalue weighted by atomic mass is 10.2. The normalized spacial score (nSPS) is 10.2. The Hall–Kier alpha value is -1.99. The number of nitriles is 1. The molecule has 0 atom stereocenters. The Morgan fingerprint density at radius 2 is 2.12 bits per heavy atom. The lowest BCUT2D eigenvalue weighted by molar-refractivity contribution is 0.871. The molecule has 0 radical (unpaired) electrons. The van der Waals surface area contributed by atoms with E-state index in [4.69, 9.17) is 22.6 Å². The van der Waals surface area contributed by atoms with E-state index in [0.29, 0.717) is 22.1 Å². The van der Waals surface area contributed by atoms with Crippen molar-refractivity contribution in [2.45, 2.75) is 13.8 Å². The predicted molar refractivity (Wildman–Crippen MR) is 67.2 cm³/mol. The number of benzene rings is 1. The minimum atomic E-state index is 0.353. The minimum absolute atomic E-state index is 0.353. The number of hydrogen-bond acceptors (Lipinski definition) is 3. The second kappa shape index (κ2) is 4.11. The summed E-state index contributed by atoms with van der Waals surface area (Å²) in [5.74, 6) is 0.353. The summed E-state index contributed by atoms with van der Waals surface area (Å²) in [4.78, 5) is 0. The number of nitrogens with zero attached hydrogens (tertiary/aromatic N) is 3. The zero-order valence-corrected chi connectivity index (χ0v) is 10.3. The van der Waals surface area contributed by atoms with Crippen LogP contribution in [-0.4, -0.2) is 9.78 Å². The van der Waals surface area contributed by atoms with Gasteiger partial charge in [-0.2, -0.15) is 10.4 Å². The molecule has 2 N–H and O–H groups in total. The smallest absolute Gasteiger partial charge is 0.145 e. The van der Waals surface area contributed by atoms with Crippen molar-refractivity contribution < 1.29 is 0 Å². The van der Waals surface area contributed by atoms with Gasteiger partial charge in [0.05, 0.1) is 11.4 Å². The molecule has 5 heteroatoms. The van der Waals surface area contributed by atoms with Crippen LogP contribution in [0.15, 0.2) is 18.2 Å². The number of anilines is 1. The zero-order valence-electron chi connectivity index (χ0n) is 9.53. The number of rotatable bonds is 1. The third-order valence-corrected chi connectivity index (χ3v) is 3.02. The summed E-state index contributed by atoms with van der Waals surface area (Å²) in [6.07, 6.45) is 0. The molecule has 2 aromatic rings. The highest BCUT2D eigenvalue weighted by molar-refractivity contribution is 6.31. The average Bonchev–Trinajstić information content (AvgIpc) is 2.58. The van der Waals surface area contributed by atoms with Crippen molar-refractivity contribution in [1.82, 2.24) is 9.78 Å². The average molecular weight is 247 g/mol. The summed E-state index contributed by atoms with van der Waals surface area (Å²) in [6, 6.07) is 7.53. The van der Waals surface area contributed by atoms with Crippen molar-refractivity contribution in [2.75, 3.05) is 5.73 Å². The van der Waals surface area contributed by atoms with E-state index in [1.165, 1.54) is 0 Å². The molecule has 0 saturated heterocycles. The number of nitrogen functional groups attached to an aromatic ring is 1. The molecule has 0 spiro atoms. The van der Waals surface area contributed by atoms with Crippen LogP contribution in [0.2, 0.25) is 5.02 Å². The summed E-state index contributed by atoms with van der Waals surface area (Å²) in [5.41, 5.74) is 8.66. The molecule has 0 fully saturated rings. The van der Waals surface area contributed by atoms with Gasteiger partial charge >= 0.3 is 0 Å². The molecule has 0 aliphatic carbocycles. The summed E-state index contributed by atoms with van der Waals surface area (Å²) in [5, 5.41) is 13.9. The van der Waals surface area contributed by atoms with Gasteiger partial charge in [0, 0.05) is 5.02 Å². The minimum Gasteiger partial charge on any atom is -0.382 e. The number of aryl methyl sites for hydroxylation is 2. The maximum atomic E-state index is 8.95. The molecular weight excluding hydrogens is 236 g/mol. The first-order chi connectivity index (χ1) is 8.04. The first-order valence-corrected chi connectivity index (χ1v) is 5.44. The first-order valence-electron chi connectivity index (χ1n) is 5.06. The van der Waals surface area contributed by atoms with Gasteiger partial charge in [0.2, 0.25) is 0 Å². The van der Waals surface area contributed by atoms with Gasteiger partial charge in [-0.1, -0.05) is 11.6 Å². The Bertz CT molecular complexity index is 622. The molecule has 1 aromatic carbocycles. The van der Waals surface area contributed by atoms with Gasteiger partial charge in [0.15, 0.2) is 0 Å². The highest BCUT2D eigenvalue weighted by atomic mass is 35.5. The van der Waals surface area contributed by atoms with Crippen LogP contribution < -0.4 is 5.73 Å². The molecule has 0 aliphatic rings. The summed E-state index contributed by atoms with van der Waals surface area (Å²) in [7, 11) is 0. The van der Waals surface area contributed by atoms with Gasteiger partial charge in [0.25, 0.3) is 0 Å². The van der Waals surface area contributed by atoms with Crippen molar-refractivity contribution in [3.63, 3.8) is 0 Å². The van der Waals surface area contributed by atoms with Crippen molar-refractivity contribution in [2.24, 2.45) is 0 Å². The molecule has 0 bridgehead atoms. The summed E-state index contributed by atoms with van der Waals surface area (Å²) >= 11 is 5.96. The van der Waals surface area contributed by atoms with E-state index in [1.54, 1.807) is 17.7 Å². The van der Waals surface area contributed by atoms with Gasteiger partial charge in [-0.25, -0.2) is 4.68 Å². The van der Waals surface area contributed by atoms with Crippen molar-refractivity contribution in [1.29, 1.82) is 5.26 Å². The Morgan fingerprint density at radius 3 is 2.65 bits per heavy atom. The van der Waals surface area contributed by atoms with Crippen molar-refractivity contribution in [3.05, 3.63) is 40.0 Å². The zero-order chi connectivity index (χ0) is 12.6. The van der Waals surface area contributed by atoms with Gasteiger partial charge < -0.3 is 5.73 Å². The Balaban J connectivity index is 2.62. The number of halogens is 1. The van der Waals surface area contributed by atoms with Crippen LogP contribution in [0.5, 0.6) is 0 Å². The monoisotopic (exact) mass is 246 g/mol. The lowest BCUT2D eigenvalue weighted by Crippen LogP contribution is -2.02. The van der Waals surface area contributed by atoms with Crippen LogP contribution in [0.1, 0.15) is 16.8 Å². The molecule has 86 valence electrons.